The van der Waals surface area contributed by atoms with Crippen molar-refractivity contribution < 1.29 is 14.3 Å². The number of hydrogen-bond acceptors (Lipinski definition) is 8. The SMILES string of the molecule is CCCc1cc(-c2nnc(SCC(=O)Nc3sc(C)c(CC)c3C(=O)OC)n2CC)cs1. The van der Waals surface area contributed by atoms with Crippen molar-refractivity contribution in [1.29, 1.82) is 0 Å². The largest absolute Gasteiger partial charge is 0.465 e. The zero-order valence-electron chi connectivity index (χ0n) is 19.0. The first-order valence-electron chi connectivity index (χ1n) is 10.6. The normalized spacial score (nSPS) is 11.0. The number of methoxy groups -OCH3 is 1. The molecule has 0 atom stereocenters. The van der Waals surface area contributed by atoms with E-state index in [0.717, 1.165) is 34.7 Å². The number of aromatic nitrogens is 3. The maximum atomic E-state index is 12.7. The second kappa shape index (κ2) is 11.1. The van der Waals surface area contributed by atoms with Gasteiger partial charge in [-0.2, -0.15) is 0 Å². The molecule has 0 saturated heterocycles. The molecule has 0 radical (unpaired) electrons. The minimum atomic E-state index is -0.428. The van der Waals surface area contributed by atoms with Crippen LogP contribution in [-0.2, 0) is 28.9 Å². The van der Waals surface area contributed by atoms with Gasteiger partial charge in [-0.3, -0.25) is 4.79 Å². The van der Waals surface area contributed by atoms with E-state index >= 15 is 0 Å². The van der Waals surface area contributed by atoms with Crippen molar-refractivity contribution in [1.82, 2.24) is 14.8 Å². The Bertz CT molecular complexity index is 1100. The lowest BCUT2D eigenvalue weighted by molar-refractivity contribution is -0.113. The van der Waals surface area contributed by atoms with Crippen LogP contribution < -0.4 is 5.32 Å². The molecule has 0 aliphatic carbocycles. The van der Waals surface area contributed by atoms with Crippen LogP contribution in [0.2, 0.25) is 0 Å². The number of carbonyl (C=O) groups excluding carboxylic acids is 2. The van der Waals surface area contributed by atoms with Gasteiger partial charge in [-0.15, -0.1) is 32.9 Å². The monoisotopic (exact) mass is 492 g/mol. The molecule has 0 spiro atoms. The molecule has 1 N–H and O–H groups in total. The Morgan fingerprint density at radius 3 is 2.69 bits per heavy atom. The molecule has 3 rings (SSSR count). The third-order valence-corrected chi connectivity index (χ3v) is 8.00. The Kier molecular flexibility index (Phi) is 8.50. The number of ether oxygens (including phenoxy) is 1. The lowest BCUT2D eigenvalue weighted by Crippen LogP contribution is -2.16. The van der Waals surface area contributed by atoms with Crippen LogP contribution >= 0.6 is 34.4 Å². The van der Waals surface area contributed by atoms with E-state index in [1.807, 2.05) is 25.3 Å². The predicted octanol–water partition coefficient (Wildman–Crippen LogP) is 5.43. The highest BCUT2D eigenvalue weighted by Crippen LogP contribution is 2.34. The van der Waals surface area contributed by atoms with Gasteiger partial charge in [-0.1, -0.05) is 32.0 Å². The summed E-state index contributed by atoms with van der Waals surface area (Å²) in [5.74, 6) is 0.366. The molecule has 0 saturated carbocycles. The van der Waals surface area contributed by atoms with E-state index in [2.05, 4.69) is 33.9 Å². The predicted molar refractivity (Wildman–Crippen MR) is 132 cm³/mol. The molecule has 0 fully saturated rings. The average molecular weight is 493 g/mol. The van der Waals surface area contributed by atoms with Gasteiger partial charge in [0.25, 0.3) is 0 Å². The maximum Gasteiger partial charge on any atom is 0.341 e. The number of aryl methyl sites for hydroxylation is 2. The zero-order chi connectivity index (χ0) is 23.3. The molecule has 0 bridgehead atoms. The third kappa shape index (κ3) is 5.24. The fraction of sp³-hybridized carbons (Fsp3) is 0.455. The van der Waals surface area contributed by atoms with Crippen LogP contribution in [0.3, 0.4) is 0 Å². The van der Waals surface area contributed by atoms with Crippen LogP contribution in [-0.4, -0.2) is 39.5 Å². The molecule has 0 aliphatic heterocycles. The Morgan fingerprint density at radius 1 is 1.25 bits per heavy atom. The van der Waals surface area contributed by atoms with Crippen molar-refractivity contribution >= 4 is 51.3 Å². The fourth-order valence-electron chi connectivity index (χ4n) is 3.47. The molecule has 3 heterocycles. The summed E-state index contributed by atoms with van der Waals surface area (Å²) in [6.07, 6.45) is 2.86. The van der Waals surface area contributed by atoms with E-state index in [9.17, 15) is 9.59 Å². The number of esters is 1. The molecule has 1 amide bonds. The van der Waals surface area contributed by atoms with Crippen LogP contribution in [0.1, 0.15) is 52.9 Å². The van der Waals surface area contributed by atoms with Crippen LogP contribution in [0.25, 0.3) is 11.4 Å². The molecule has 0 aliphatic rings. The van der Waals surface area contributed by atoms with Gasteiger partial charge in [0.05, 0.1) is 18.4 Å². The van der Waals surface area contributed by atoms with E-state index in [0.29, 0.717) is 28.7 Å². The van der Waals surface area contributed by atoms with Crippen molar-refractivity contribution in [2.45, 2.75) is 58.7 Å². The molecule has 0 unspecified atom stereocenters. The molecule has 32 heavy (non-hydrogen) atoms. The van der Waals surface area contributed by atoms with Gasteiger partial charge in [0, 0.05) is 27.2 Å². The Morgan fingerprint density at radius 2 is 2.03 bits per heavy atom. The van der Waals surface area contributed by atoms with Gasteiger partial charge < -0.3 is 14.6 Å². The van der Waals surface area contributed by atoms with Crippen LogP contribution in [0, 0.1) is 6.92 Å². The van der Waals surface area contributed by atoms with Crippen molar-refractivity contribution in [3.63, 3.8) is 0 Å². The minimum absolute atomic E-state index is 0.169. The second-order valence-corrected chi connectivity index (χ2v) is 10.3. The van der Waals surface area contributed by atoms with Gasteiger partial charge in [0.1, 0.15) is 5.00 Å². The van der Waals surface area contributed by atoms with Gasteiger partial charge in [0.15, 0.2) is 11.0 Å². The van der Waals surface area contributed by atoms with Gasteiger partial charge in [-0.25, -0.2) is 4.79 Å². The highest BCUT2D eigenvalue weighted by atomic mass is 32.2. The quantitative estimate of drug-likeness (QED) is 0.300. The topological polar surface area (TPSA) is 86.1 Å². The molecule has 3 aromatic heterocycles. The van der Waals surface area contributed by atoms with Crippen molar-refractivity contribution in [3.05, 3.63) is 32.3 Å². The summed E-state index contributed by atoms with van der Waals surface area (Å²) in [6, 6.07) is 2.17. The smallest absolute Gasteiger partial charge is 0.341 e. The van der Waals surface area contributed by atoms with Crippen LogP contribution in [0.4, 0.5) is 5.00 Å². The summed E-state index contributed by atoms with van der Waals surface area (Å²) in [4.78, 5) is 27.3. The van der Waals surface area contributed by atoms with E-state index in [4.69, 9.17) is 4.74 Å². The van der Waals surface area contributed by atoms with Crippen molar-refractivity contribution in [3.8, 4) is 11.4 Å². The third-order valence-electron chi connectivity index (χ3n) is 4.98. The van der Waals surface area contributed by atoms with Crippen molar-refractivity contribution in [2.75, 3.05) is 18.2 Å². The molecule has 7 nitrogen and oxygen atoms in total. The summed E-state index contributed by atoms with van der Waals surface area (Å²) < 4.78 is 6.95. The summed E-state index contributed by atoms with van der Waals surface area (Å²) in [6.45, 7) is 8.85. The number of nitrogens with one attached hydrogen (secondary N) is 1. The fourth-order valence-corrected chi connectivity index (χ4v) is 6.39. The van der Waals surface area contributed by atoms with E-state index in [1.165, 1.54) is 35.1 Å². The number of thiophene rings is 2. The Hall–Kier alpha value is -2.17. The first-order valence-corrected chi connectivity index (χ1v) is 13.3. The maximum absolute atomic E-state index is 12.7. The summed E-state index contributed by atoms with van der Waals surface area (Å²) in [7, 11) is 1.35. The lowest BCUT2D eigenvalue weighted by Gasteiger charge is -2.08. The highest BCUT2D eigenvalue weighted by molar-refractivity contribution is 7.99. The van der Waals surface area contributed by atoms with E-state index < -0.39 is 5.97 Å². The molecular weight excluding hydrogens is 464 g/mol. The summed E-state index contributed by atoms with van der Waals surface area (Å²) >= 11 is 4.48. The zero-order valence-corrected chi connectivity index (χ0v) is 21.4. The number of nitrogens with zero attached hydrogens (tertiary/aromatic N) is 3. The standard InChI is InChI=1S/C22H28N4O3S3/c1-6-9-15-10-14(11-30-15)19-24-25-22(26(19)8-3)31-12-17(27)23-20-18(21(28)29-5)16(7-2)13(4)32-20/h10-11H,6-9,12H2,1-5H3,(H,23,27). The second-order valence-electron chi connectivity index (χ2n) is 7.13. The average Bonchev–Trinajstić information content (AvgIpc) is 3.48. The molecule has 172 valence electrons. The highest BCUT2D eigenvalue weighted by Gasteiger charge is 2.23. The number of thioether (sulfide) groups is 1. The number of anilines is 1. The number of hydrogen-bond donors (Lipinski definition) is 1. The number of carbonyl (C=O) groups is 2. The van der Waals surface area contributed by atoms with Gasteiger partial charge in [0.2, 0.25) is 5.91 Å². The van der Waals surface area contributed by atoms with E-state index in [-0.39, 0.29) is 11.7 Å². The molecule has 3 aromatic rings. The van der Waals surface area contributed by atoms with Crippen LogP contribution in [0.15, 0.2) is 16.6 Å². The summed E-state index contributed by atoms with van der Waals surface area (Å²) in [5.41, 5.74) is 2.43. The molecule has 0 aromatic carbocycles. The Labute approximate surface area is 200 Å². The lowest BCUT2D eigenvalue weighted by atomic mass is 10.1. The van der Waals surface area contributed by atoms with Crippen LogP contribution in [0.5, 0.6) is 0 Å². The first-order chi connectivity index (χ1) is 15.4. The minimum Gasteiger partial charge on any atom is -0.465 e. The van der Waals surface area contributed by atoms with Crippen molar-refractivity contribution in [2.24, 2.45) is 0 Å². The summed E-state index contributed by atoms with van der Waals surface area (Å²) in [5, 5.41) is 14.9. The number of amides is 1. The van der Waals surface area contributed by atoms with Gasteiger partial charge in [-0.05, 0) is 38.3 Å². The molecular formula is C22H28N4O3S3. The molecule has 10 heteroatoms. The van der Waals surface area contributed by atoms with E-state index in [1.54, 1.807) is 11.3 Å². The van der Waals surface area contributed by atoms with Gasteiger partial charge >= 0.3 is 5.97 Å². The number of rotatable bonds is 10. The Balaban J connectivity index is 1.72. The first kappa shape index (κ1) is 24.5.